The first-order chi connectivity index (χ1) is 11.1. The quantitative estimate of drug-likeness (QED) is 0.850. The average Bonchev–Trinajstić information content (AvgIpc) is 3.11. The molecule has 0 bridgehead atoms. The molecule has 5 nitrogen and oxygen atoms in total. The Hall–Kier alpha value is -1.26. The lowest BCUT2D eigenvalue weighted by molar-refractivity contribution is -0.127. The molecule has 0 aromatic carbocycles. The molecule has 1 saturated carbocycles. The number of hydrogen-bond acceptors (Lipinski definition) is 2. The number of rotatable bonds is 2. The molecule has 23 heavy (non-hydrogen) atoms. The first-order valence-corrected chi connectivity index (χ1v) is 9.49. The molecule has 1 N–H and O–H groups in total. The Morgan fingerprint density at radius 3 is 2.30 bits per heavy atom. The molecule has 2 heterocycles. The monoisotopic (exact) mass is 321 g/mol. The summed E-state index contributed by atoms with van der Waals surface area (Å²) in [5, 5.41) is 3.28. The second kappa shape index (κ2) is 7.54. The van der Waals surface area contributed by atoms with Crippen molar-refractivity contribution >= 4 is 11.9 Å². The van der Waals surface area contributed by atoms with E-state index in [2.05, 4.69) is 12.2 Å². The lowest BCUT2D eigenvalue weighted by Gasteiger charge is -2.36. The molecule has 3 aliphatic rings. The molecule has 0 spiro atoms. The van der Waals surface area contributed by atoms with Gasteiger partial charge in [0.15, 0.2) is 0 Å². The van der Waals surface area contributed by atoms with Crippen LogP contribution in [-0.4, -0.2) is 54.0 Å². The largest absolute Gasteiger partial charge is 0.353 e. The van der Waals surface area contributed by atoms with E-state index in [4.69, 9.17) is 0 Å². The number of amides is 3. The van der Waals surface area contributed by atoms with Crippen LogP contribution in [0.4, 0.5) is 4.79 Å². The van der Waals surface area contributed by atoms with Crippen LogP contribution < -0.4 is 5.32 Å². The van der Waals surface area contributed by atoms with Crippen molar-refractivity contribution in [2.75, 3.05) is 26.2 Å². The average molecular weight is 321 g/mol. The Morgan fingerprint density at radius 1 is 0.870 bits per heavy atom. The molecule has 5 heteroatoms. The van der Waals surface area contributed by atoms with Crippen molar-refractivity contribution in [3.8, 4) is 0 Å². The van der Waals surface area contributed by atoms with E-state index in [1.807, 2.05) is 9.80 Å². The molecule has 3 amide bonds. The van der Waals surface area contributed by atoms with Crippen LogP contribution in [0.1, 0.15) is 58.3 Å². The standard InChI is InChI=1S/C18H31N3O2/c1-14-7-2-3-9-16(14)19-17(22)15-8-6-12-21(13-15)18(23)20-10-4-5-11-20/h14-16H,2-13H2,1H3,(H,19,22). The van der Waals surface area contributed by atoms with E-state index in [1.54, 1.807) is 0 Å². The van der Waals surface area contributed by atoms with Crippen LogP contribution >= 0.6 is 0 Å². The summed E-state index contributed by atoms with van der Waals surface area (Å²) in [6.07, 6.45) is 8.92. The minimum atomic E-state index is -0.0237. The van der Waals surface area contributed by atoms with Gasteiger partial charge in [-0.15, -0.1) is 0 Å². The predicted molar refractivity (Wildman–Crippen MR) is 90.1 cm³/mol. The van der Waals surface area contributed by atoms with E-state index in [0.717, 1.165) is 51.7 Å². The van der Waals surface area contributed by atoms with Crippen LogP contribution in [0.5, 0.6) is 0 Å². The van der Waals surface area contributed by atoms with Crippen LogP contribution in [0.25, 0.3) is 0 Å². The second-order valence-electron chi connectivity index (χ2n) is 7.64. The fraction of sp³-hybridized carbons (Fsp3) is 0.889. The summed E-state index contributed by atoms with van der Waals surface area (Å²) in [5.74, 6) is 0.728. The zero-order valence-corrected chi connectivity index (χ0v) is 14.4. The van der Waals surface area contributed by atoms with Crippen LogP contribution in [0, 0.1) is 11.8 Å². The van der Waals surface area contributed by atoms with E-state index in [0.29, 0.717) is 18.5 Å². The van der Waals surface area contributed by atoms with Crippen molar-refractivity contribution in [3.63, 3.8) is 0 Å². The highest BCUT2D eigenvalue weighted by Crippen LogP contribution is 2.25. The summed E-state index contributed by atoms with van der Waals surface area (Å²) in [6, 6.07) is 0.479. The van der Waals surface area contributed by atoms with Gasteiger partial charge in [-0.2, -0.15) is 0 Å². The van der Waals surface area contributed by atoms with Crippen LogP contribution in [0.2, 0.25) is 0 Å². The first kappa shape index (κ1) is 16.6. The van der Waals surface area contributed by atoms with Crippen molar-refractivity contribution in [1.82, 2.24) is 15.1 Å². The molecule has 3 fully saturated rings. The minimum Gasteiger partial charge on any atom is -0.353 e. The van der Waals surface area contributed by atoms with Gasteiger partial charge in [-0.25, -0.2) is 4.79 Å². The molecule has 0 radical (unpaired) electrons. The zero-order valence-electron chi connectivity index (χ0n) is 14.4. The fourth-order valence-corrected chi connectivity index (χ4v) is 4.30. The normalized spacial score (nSPS) is 32.0. The Morgan fingerprint density at radius 2 is 1.57 bits per heavy atom. The number of carbonyl (C=O) groups is 2. The number of likely N-dealkylation sites (tertiary alicyclic amines) is 2. The van der Waals surface area contributed by atoms with Gasteiger partial charge in [-0.05, 0) is 44.4 Å². The van der Waals surface area contributed by atoms with Gasteiger partial charge in [0.1, 0.15) is 0 Å². The number of nitrogens with zero attached hydrogens (tertiary/aromatic N) is 2. The maximum absolute atomic E-state index is 12.6. The number of hydrogen-bond donors (Lipinski definition) is 1. The maximum Gasteiger partial charge on any atom is 0.320 e. The van der Waals surface area contributed by atoms with Gasteiger partial charge >= 0.3 is 6.03 Å². The number of carbonyl (C=O) groups excluding carboxylic acids is 2. The van der Waals surface area contributed by atoms with Gasteiger partial charge in [0.05, 0.1) is 5.92 Å². The molecule has 130 valence electrons. The van der Waals surface area contributed by atoms with Crippen LogP contribution in [-0.2, 0) is 4.79 Å². The topological polar surface area (TPSA) is 52.7 Å². The smallest absolute Gasteiger partial charge is 0.320 e. The van der Waals surface area contributed by atoms with Gasteiger partial charge in [-0.3, -0.25) is 4.79 Å². The van der Waals surface area contributed by atoms with E-state index in [-0.39, 0.29) is 17.9 Å². The number of urea groups is 1. The van der Waals surface area contributed by atoms with Gasteiger partial charge in [0.2, 0.25) is 5.91 Å². The lowest BCUT2D eigenvalue weighted by Crippen LogP contribution is -2.51. The number of nitrogens with one attached hydrogen (secondary N) is 1. The zero-order chi connectivity index (χ0) is 16.2. The highest BCUT2D eigenvalue weighted by atomic mass is 16.2. The molecule has 0 aromatic heterocycles. The Bertz CT molecular complexity index is 434. The van der Waals surface area contributed by atoms with Crippen LogP contribution in [0.15, 0.2) is 0 Å². The second-order valence-corrected chi connectivity index (χ2v) is 7.64. The molecule has 1 aliphatic carbocycles. The number of piperidine rings is 1. The van der Waals surface area contributed by atoms with Crippen molar-refractivity contribution in [1.29, 1.82) is 0 Å². The molecule has 3 atom stereocenters. The van der Waals surface area contributed by atoms with Crippen molar-refractivity contribution in [2.24, 2.45) is 11.8 Å². The molecule has 3 unspecified atom stereocenters. The van der Waals surface area contributed by atoms with E-state index >= 15 is 0 Å². The van der Waals surface area contributed by atoms with Gasteiger partial charge in [0.25, 0.3) is 0 Å². The third kappa shape index (κ3) is 3.99. The van der Waals surface area contributed by atoms with E-state index in [9.17, 15) is 9.59 Å². The molecular weight excluding hydrogens is 290 g/mol. The highest BCUT2D eigenvalue weighted by molar-refractivity contribution is 5.81. The van der Waals surface area contributed by atoms with Crippen molar-refractivity contribution < 1.29 is 9.59 Å². The molecular formula is C18H31N3O2. The Labute approximate surface area is 139 Å². The maximum atomic E-state index is 12.6. The van der Waals surface area contributed by atoms with Gasteiger partial charge in [0, 0.05) is 32.2 Å². The molecule has 2 aliphatic heterocycles. The Balaban J connectivity index is 1.52. The summed E-state index contributed by atoms with van der Waals surface area (Å²) in [6.45, 7) is 5.41. The molecule has 2 saturated heterocycles. The molecule has 3 rings (SSSR count). The minimum absolute atomic E-state index is 0.0237. The van der Waals surface area contributed by atoms with Crippen molar-refractivity contribution in [2.45, 2.75) is 64.3 Å². The predicted octanol–water partition coefficient (Wildman–Crippen LogP) is 2.61. The summed E-state index contributed by atoms with van der Waals surface area (Å²) in [7, 11) is 0. The molecule has 0 aromatic rings. The summed E-state index contributed by atoms with van der Waals surface area (Å²) < 4.78 is 0. The lowest BCUT2D eigenvalue weighted by atomic mass is 9.85. The summed E-state index contributed by atoms with van der Waals surface area (Å²) in [4.78, 5) is 29.0. The third-order valence-corrected chi connectivity index (χ3v) is 5.88. The van der Waals surface area contributed by atoms with Crippen LogP contribution in [0.3, 0.4) is 0 Å². The summed E-state index contributed by atoms with van der Waals surface area (Å²) >= 11 is 0. The Kier molecular flexibility index (Phi) is 5.44. The van der Waals surface area contributed by atoms with E-state index < -0.39 is 0 Å². The van der Waals surface area contributed by atoms with Gasteiger partial charge in [-0.1, -0.05) is 19.8 Å². The van der Waals surface area contributed by atoms with E-state index in [1.165, 1.54) is 19.3 Å². The first-order valence-electron chi connectivity index (χ1n) is 9.49. The highest BCUT2D eigenvalue weighted by Gasteiger charge is 2.33. The van der Waals surface area contributed by atoms with Gasteiger partial charge < -0.3 is 15.1 Å². The SMILES string of the molecule is CC1CCCCC1NC(=O)C1CCCN(C(=O)N2CCCC2)C1. The third-order valence-electron chi connectivity index (χ3n) is 5.88. The fourth-order valence-electron chi connectivity index (χ4n) is 4.30. The summed E-state index contributed by atoms with van der Waals surface area (Å²) in [5.41, 5.74) is 0. The van der Waals surface area contributed by atoms with Crippen molar-refractivity contribution in [3.05, 3.63) is 0 Å².